The Bertz CT molecular complexity index is 398. The Labute approximate surface area is 109 Å². The number of hydrogen-bond acceptors (Lipinski definition) is 2. The van der Waals surface area contributed by atoms with Crippen LogP contribution in [0.15, 0.2) is 43.0 Å². The Hall–Kier alpha value is -1.61. The van der Waals surface area contributed by atoms with Gasteiger partial charge in [0.15, 0.2) is 0 Å². The summed E-state index contributed by atoms with van der Waals surface area (Å²) in [5, 5.41) is 0. The molecule has 1 amide bonds. The molecule has 0 fully saturated rings. The van der Waals surface area contributed by atoms with Crippen LogP contribution in [-0.2, 0) is 10.3 Å². The molecule has 98 valence electrons. The lowest BCUT2D eigenvalue weighted by molar-refractivity contribution is -0.136. The van der Waals surface area contributed by atoms with Crippen LogP contribution in [0.1, 0.15) is 25.8 Å². The van der Waals surface area contributed by atoms with Crippen LogP contribution < -0.4 is 5.73 Å². The van der Waals surface area contributed by atoms with Crippen LogP contribution in [0.4, 0.5) is 0 Å². The maximum absolute atomic E-state index is 12.5. The molecule has 0 bridgehead atoms. The second-order valence-electron chi connectivity index (χ2n) is 4.61. The van der Waals surface area contributed by atoms with Crippen molar-refractivity contribution < 1.29 is 4.79 Å². The average molecular weight is 246 g/mol. The molecule has 1 aromatic carbocycles. The molecule has 1 aromatic rings. The van der Waals surface area contributed by atoms with Crippen LogP contribution >= 0.6 is 0 Å². The van der Waals surface area contributed by atoms with E-state index in [0.717, 1.165) is 12.0 Å². The first-order chi connectivity index (χ1) is 8.54. The molecule has 3 nitrogen and oxygen atoms in total. The molecular formula is C15H22N2O. The Kier molecular flexibility index (Phi) is 5.10. The number of carbonyl (C=O) groups is 1. The van der Waals surface area contributed by atoms with Gasteiger partial charge in [-0.25, -0.2) is 0 Å². The minimum Gasteiger partial charge on any atom is -0.337 e. The SMILES string of the molecule is C=CCN(CCC)C(=O)C(C)(N)c1ccccc1. The van der Waals surface area contributed by atoms with Crippen molar-refractivity contribution in [1.82, 2.24) is 4.90 Å². The number of hydrogen-bond donors (Lipinski definition) is 1. The highest BCUT2D eigenvalue weighted by molar-refractivity contribution is 5.87. The normalized spacial score (nSPS) is 13.7. The molecule has 0 spiro atoms. The molecule has 1 unspecified atom stereocenters. The van der Waals surface area contributed by atoms with Crippen molar-refractivity contribution in [3.05, 3.63) is 48.6 Å². The lowest BCUT2D eigenvalue weighted by Gasteiger charge is -2.31. The molecule has 0 aliphatic carbocycles. The molecule has 0 saturated heterocycles. The van der Waals surface area contributed by atoms with Crippen molar-refractivity contribution in [2.45, 2.75) is 25.8 Å². The quantitative estimate of drug-likeness (QED) is 0.783. The standard InChI is InChI=1S/C15H22N2O/c1-4-11-17(12-5-2)14(18)15(3,16)13-9-7-6-8-10-13/h4,6-10H,1,5,11-12,16H2,2-3H3. The van der Waals surface area contributed by atoms with Gasteiger partial charge in [0.25, 0.3) is 0 Å². The van der Waals surface area contributed by atoms with Crippen LogP contribution in [0.25, 0.3) is 0 Å². The minimum atomic E-state index is -0.987. The average Bonchev–Trinajstić information content (AvgIpc) is 2.38. The summed E-state index contributed by atoms with van der Waals surface area (Å²) in [6.07, 6.45) is 2.64. The topological polar surface area (TPSA) is 46.3 Å². The van der Waals surface area contributed by atoms with Crippen molar-refractivity contribution in [2.75, 3.05) is 13.1 Å². The minimum absolute atomic E-state index is 0.0598. The Morgan fingerprint density at radius 1 is 1.44 bits per heavy atom. The molecule has 1 atom stereocenters. The summed E-state index contributed by atoms with van der Waals surface area (Å²) >= 11 is 0. The third kappa shape index (κ3) is 3.20. The smallest absolute Gasteiger partial charge is 0.247 e. The summed E-state index contributed by atoms with van der Waals surface area (Å²) in [4.78, 5) is 14.2. The second kappa shape index (κ2) is 6.36. The van der Waals surface area contributed by atoms with Gasteiger partial charge in [-0.05, 0) is 18.9 Å². The number of nitrogens with zero attached hydrogens (tertiary/aromatic N) is 1. The number of amides is 1. The van der Waals surface area contributed by atoms with Crippen molar-refractivity contribution in [3.8, 4) is 0 Å². The molecule has 2 N–H and O–H groups in total. The zero-order valence-corrected chi connectivity index (χ0v) is 11.2. The molecular weight excluding hydrogens is 224 g/mol. The van der Waals surface area contributed by atoms with E-state index in [1.54, 1.807) is 17.9 Å². The largest absolute Gasteiger partial charge is 0.337 e. The molecule has 0 aromatic heterocycles. The van der Waals surface area contributed by atoms with Crippen molar-refractivity contribution in [2.24, 2.45) is 5.73 Å². The van der Waals surface area contributed by atoms with Crippen LogP contribution in [0, 0.1) is 0 Å². The summed E-state index contributed by atoms with van der Waals surface area (Å²) < 4.78 is 0. The van der Waals surface area contributed by atoms with E-state index in [-0.39, 0.29) is 5.91 Å². The summed E-state index contributed by atoms with van der Waals surface area (Å²) in [5.41, 5.74) is 6.06. The van der Waals surface area contributed by atoms with Crippen LogP contribution in [0.2, 0.25) is 0 Å². The van der Waals surface area contributed by atoms with Gasteiger partial charge in [-0.15, -0.1) is 6.58 Å². The molecule has 0 aliphatic rings. The first-order valence-corrected chi connectivity index (χ1v) is 6.28. The number of benzene rings is 1. The number of nitrogens with two attached hydrogens (primary N) is 1. The van der Waals surface area contributed by atoms with E-state index in [1.165, 1.54) is 0 Å². The Balaban J connectivity index is 2.95. The third-order valence-corrected chi connectivity index (χ3v) is 2.95. The van der Waals surface area contributed by atoms with E-state index in [2.05, 4.69) is 6.58 Å². The highest BCUT2D eigenvalue weighted by atomic mass is 16.2. The van der Waals surface area contributed by atoms with Crippen molar-refractivity contribution in [1.29, 1.82) is 0 Å². The second-order valence-corrected chi connectivity index (χ2v) is 4.61. The maximum Gasteiger partial charge on any atom is 0.247 e. The zero-order valence-electron chi connectivity index (χ0n) is 11.2. The fourth-order valence-electron chi connectivity index (χ4n) is 1.94. The highest BCUT2D eigenvalue weighted by Crippen LogP contribution is 2.20. The lowest BCUT2D eigenvalue weighted by atomic mass is 9.91. The molecule has 0 aliphatic heterocycles. The van der Waals surface area contributed by atoms with E-state index >= 15 is 0 Å². The fourth-order valence-corrected chi connectivity index (χ4v) is 1.94. The molecule has 18 heavy (non-hydrogen) atoms. The van der Waals surface area contributed by atoms with Gasteiger partial charge < -0.3 is 10.6 Å². The Morgan fingerprint density at radius 3 is 2.56 bits per heavy atom. The molecule has 0 heterocycles. The van der Waals surface area contributed by atoms with Gasteiger partial charge in [0.05, 0.1) is 0 Å². The molecule has 1 rings (SSSR count). The maximum atomic E-state index is 12.5. The number of rotatable bonds is 6. The van der Waals surface area contributed by atoms with Gasteiger partial charge in [0, 0.05) is 13.1 Å². The number of carbonyl (C=O) groups excluding carboxylic acids is 1. The van der Waals surface area contributed by atoms with Crippen molar-refractivity contribution in [3.63, 3.8) is 0 Å². The van der Waals surface area contributed by atoms with E-state index < -0.39 is 5.54 Å². The van der Waals surface area contributed by atoms with Crippen LogP contribution in [0.5, 0.6) is 0 Å². The van der Waals surface area contributed by atoms with Gasteiger partial charge in [-0.2, -0.15) is 0 Å². The predicted molar refractivity (Wildman–Crippen MR) is 75.0 cm³/mol. The summed E-state index contributed by atoms with van der Waals surface area (Å²) in [6, 6.07) is 9.47. The van der Waals surface area contributed by atoms with Crippen molar-refractivity contribution >= 4 is 5.91 Å². The monoisotopic (exact) mass is 246 g/mol. The first-order valence-electron chi connectivity index (χ1n) is 6.28. The zero-order chi connectivity index (χ0) is 13.6. The summed E-state index contributed by atoms with van der Waals surface area (Å²) in [7, 11) is 0. The van der Waals surface area contributed by atoms with Gasteiger partial charge in [-0.1, -0.05) is 43.3 Å². The molecule has 0 saturated carbocycles. The van der Waals surface area contributed by atoms with E-state index in [9.17, 15) is 4.79 Å². The predicted octanol–water partition coefficient (Wildman–Crippen LogP) is 2.29. The Morgan fingerprint density at radius 2 is 2.06 bits per heavy atom. The molecule has 3 heteroatoms. The van der Waals surface area contributed by atoms with Gasteiger partial charge in [-0.3, -0.25) is 4.79 Å². The van der Waals surface area contributed by atoms with E-state index in [1.807, 2.05) is 37.3 Å². The van der Waals surface area contributed by atoms with E-state index in [0.29, 0.717) is 13.1 Å². The van der Waals surface area contributed by atoms with E-state index in [4.69, 9.17) is 5.73 Å². The lowest BCUT2D eigenvalue weighted by Crippen LogP contribution is -2.51. The van der Waals surface area contributed by atoms with Gasteiger partial charge >= 0.3 is 0 Å². The highest BCUT2D eigenvalue weighted by Gasteiger charge is 2.33. The fraction of sp³-hybridized carbons (Fsp3) is 0.400. The summed E-state index contributed by atoms with van der Waals surface area (Å²) in [6.45, 7) is 8.72. The summed E-state index contributed by atoms with van der Waals surface area (Å²) in [5.74, 6) is -0.0598. The van der Waals surface area contributed by atoms with Crippen LogP contribution in [0.3, 0.4) is 0 Å². The van der Waals surface area contributed by atoms with Crippen LogP contribution in [-0.4, -0.2) is 23.9 Å². The van der Waals surface area contributed by atoms with Gasteiger partial charge in [0.1, 0.15) is 5.54 Å². The third-order valence-electron chi connectivity index (χ3n) is 2.95. The molecule has 0 radical (unpaired) electrons. The van der Waals surface area contributed by atoms with Gasteiger partial charge in [0.2, 0.25) is 5.91 Å². The first kappa shape index (κ1) is 14.5.